The van der Waals surface area contributed by atoms with Crippen molar-refractivity contribution in [2.45, 2.75) is 236 Å². The fourth-order valence-electron chi connectivity index (χ4n) is 14.3. The standard InChI is InChI=1S/C76H114N5O40P/c1-35(88)80-52-58(96)66(118-75-64(102)68(56(94)46(29-84)114-75)120-73-62(100)60(98)54(92)44(27-82)112-73)48(31-86)116-71(52)107-19-10-17-77-50(90)33-109-42-24-41(39-14-8-12-37(22-39)38-13-9-15-40(23-38)70(104)79-16-6-4-5-7-21-111-122(3,105)106)25-43(26-42)110-34-51(91)78-18-11-20-108-72-53(81-36(2)89)59(97)67(49(32-87)117-72)119-76-65(103)69(57(95)47(30-85)115-76)121-74-63(101)61(99)55(93)45(28-83)113-74/h8-9,12-15,22-26,44-49,52-69,71-76,82-87,92-103H,4-7,10-11,16-21,27-34H2,1-3H3,(H,77,90)(H,78,91)(H,79,104)(H,80,88)(H,81,89)(H,105,106)/t44?,45?,46?,47?,48?,49?,52?,53?,54-,55-,56-,57-,58+,59+,60-,61-,62?,63?,64?,65?,66+,67+,68-,69-,71+,72+,73+,74+,75-,76-/m0/s1. The van der Waals surface area contributed by atoms with E-state index in [9.17, 15) is 125 Å². The molecule has 45 nitrogen and oxygen atoms in total. The zero-order valence-electron chi connectivity index (χ0n) is 66.8. The number of aliphatic hydroxyl groups excluding tert-OH is 18. The smallest absolute Gasteiger partial charge is 0.325 e. The third-order valence-electron chi connectivity index (χ3n) is 20.8. The van der Waals surface area contributed by atoms with Gasteiger partial charge in [-0.05, 0) is 78.3 Å². The minimum atomic E-state index is -3.57. The number of amides is 5. The molecule has 0 saturated carbocycles. The molecule has 31 atom stereocenters. The fourth-order valence-corrected chi connectivity index (χ4v) is 14.8. The van der Waals surface area contributed by atoms with E-state index in [1.807, 2.05) is 18.2 Å². The summed E-state index contributed by atoms with van der Waals surface area (Å²) < 4.78 is 97.4. The summed E-state index contributed by atoms with van der Waals surface area (Å²) in [6.07, 6.45) is -46.8. The van der Waals surface area contributed by atoms with Crippen molar-refractivity contribution in [1.29, 1.82) is 0 Å². The van der Waals surface area contributed by atoms with Crippen LogP contribution in [0.1, 0.15) is 62.7 Å². The van der Waals surface area contributed by atoms with Gasteiger partial charge >= 0.3 is 7.60 Å². The number of aliphatic hydroxyl groups is 18. The Kier molecular flexibility index (Phi) is 38.6. The van der Waals surface area contributed by atoms with Crippen molar-refractivity contribution in [3.8, 4) is 33.8 Å². The van der Waals surface area contributed by atoms with Crippen molar-refractivity contribution in [1.82, 2.24) is 26.6 Å². The Morgan fingerprint density at radius 1 is 0.377 bits per heavy atom. The molecule has 0 radical (unpaired) electrons. The van der Waals surface area contributed by atoms with Crippen molar-refractivity contribution in [2.24, 2.45) is 0 Å². The molecule has 6 aliphatic rings. The maximum absolute atomic E-state index is 13.5. The van der Waals surface area contributed by atoms with Crippen molar-refractivity contribution < 1.29 is 196 Å². The van der Waals surface area contributed by atoms with E-state index in [0.717, 1.165) is 33.4 Å². The average molecular weight is 1770 g/mol. The minimum absolute atomic E-state index is 0.0558. The molecule has 0 spiro atoms. The summed E-state index contributed by atoms with van der Waals surface area (Å²) in [7, 11) is -3.57. The Morgan fingerprint density at radius 2 is 0.746 bits per heavy atom. The van der Waals surface area contributed by atoms with Gasteiger partial charge in [-0.25, -0.2) is 0 Å². The van der Waals surface area contributed by atoms with Crippen LogP contribution in [0.3, 0.4) is 0 Å². The lowest BCUT2D eigenvalue weighted by Gasteiger charge is -2.48. The fraction of sp³-hybridized carbons (Fsp3) is 0.697. The lowest BCUT2D eigenvalue weighted by atomic mass is 9.95. The molecule has 6 fully saturated rings. The molecule has 6 saturated heterocycles. The second kappa shape index (κ2) is 47.4. The molecule has 13 unspecified atom stereocenters. The lowest BCUT2D eigenvalue weighted by Crippen LogP contribution is -2.68. The number of hydrogen-bond acceptors (Lipinski definition) is 39. The Bertz CT molecular complexity index is 3660. The third kappa shape index (κ3) is 26.8. The maximum Gasteiger partial charge on any atom is 0.325 e. The van der Waals surface area contributed by atoms with Gasteiger partial charge in [-0.3, -0.25) is 28.5 Å². The van der Waals surface area contributed by atoms with E-state index < -0.39 is 268 Å². The number of carbonyl (C=O) groups excluding carboxylic acids is 5. The molecule has 46 heteroatoms. The van der Waals surface area contributed by atoms with E-state index in [1.54, 1.807) is 42.5 Å². The molecule has 5 amide bonds. The average Bonchev–Trinajstić information content (AvgIpc) is 0.775. The molecule has 6 heterocycles. The molecule has 3 aromatic carbocycles. The molecule has 24 N–H and O–H groups in total. The molecular formula is C76H114N5O40P. The van der Waals surface area contributed by atoms with E-state index in [1.165, 1.54) is 6.07 Å². The summed E-state index contributed by atoms with van der Waals surface area (Å²) >= 11 is 0. The summed E-state index contributed by atoms with van der Waals surface area (Å²) in [6.45, 7) is -3.12. The summed E-state index contributed by atoms with van der Waals surface area (Å²) in [6, 6.07) is 15.9. The second-order valence-corrected chi connectivity index (χ2v) is 31.8. The van der Waals surface area contributed by atoms with E-state index in [4.69, 9.17) is 70.8 Å². The monoisotopic (exact) mass is 1770 g/mol. The lowest BCUT2D eigenvalue weighted by molar-refractivity contribution is -0.376. The van der Waals surface area contributed by atoms with E-state index >= 15 is 0 Å². The zero-order valence-corrected chi connectivity index (χ0v) is 67.7. The number of hydrogen-bond donors (Lipinski definition) is 24. The first-order valence-corrected chi connectivity index (χ1v) is 41.8. The molecule has 0 bridgehead atoms. The molecule has 122 heavy (non-hydrogen) atoms. The summed E-state index contributed by atoms with van der Waals surface area (Å²) in [4.78, 5) is 74.8. The SMILES string of the molecule is CC(=O)NC1[C@H](OCCCNC(=O)COc2cc(OCC(=O)NCCCO[C@@H]3OC(CO)[C@@H](O[C@@H]4OC(CO)[C@H](O)[C@H](O[C@H]5OC(CO)[C@H](O)[C@H](O)C5O)C4O)[C@H](O)C3NC(C)=O)cc(-c3cccc(-c4cccc(C(=O)NCCCCCCOP(C)(=O)O)c4)c3)c2)OC(CO)[C@@H](O[C@@H]2OC(CO)[C@H](O)[C@H](O[C@H]3OC(CO)[C@H](O)[C@H](O)C3O)C2O)[C@@H]1O. The number of nitrogens with one attached hydrogen (secondary N) is 5. The van der Waals surface area contributed by atoms with Crippen LogP contribution in [-0.4, -0.2) is 409 Å². The van der Waals surface area contributed by atoms with E-state index in [-0.39, 0.29) is 63.2 Å². The predicted molar refractivity (Wildman–Crippen MR) is 409 cm³/mol. The van der Waals surface area contributed by atoms with Crippen LogP contribution >= 0.6 is 7.60 Å². The van der Waals surface area contributed by atoms with Crippen LogP contribution in [0, 0.1) is 0 Å². The summed E-state index contributed by atoms with van der Waals surface area (Å²) in [5.41, 5.74) is 2.80. The first-order valence-electron chi connectivity index (χ1n) is 39.7. The first-order chi connectivity index (χ1) is 58.2. The Labute approximate surface area is 698 Å². The van der Waals surface area contributed by atoms with Crippen LogP contribution < -0.4 is 36.1 Å². The van der Waals surface area contributed by atoms with Crippen LogP contribution in [0.15, 0.2) is 66.7 Å². The van der Waals surface area contributed by atoms with Gasteiger partial charge in [0.15, 0.2) is 51.0 Å². The molecule has 9 rings (SSSR count). The van der Waals surface area contributed by atoms with Crippen molar-refractivity contribution in [2.75, 3.05) is 99.0 Å². The Hall–Kier alpha value is -6.44. The van der Waals surface area contributed by atoms with Crippen molar-refractivity contribution >= 4 is 37.1 Å². The normalized spacial score (nSPS) is 34.8. The highest BCUT2D eigenvalue weighted by Gasteiger charge is 2.57. The van der Waals surface area contributed by atoms with Crippen LogP contribution in [0.4, 0.5) is 0 Å². The van der Waals surface area contributed by atoms with Crippen LogP contribution in [0.5, 0.6) is 11.5 Å². The van der Waals surface area contributed by atoms with Gasteiger partial charge in [0.05, 0.1) is 59.5 Å². The number of benzene rings is 3. The number of unbranched alkanes of at least 4 members (excludes halogenated alkanes) is 3. The van der Waals surface area contributed by atoms with Gasteiger partial charge in [-0.1, -0.05) is 43.2 Å². The number of ether oxygens (including phenoxy) is 14. The van der Waals surface area contributed by atoms with Gasteiger partial charge in [0, 0.05) is 51.8 Å². The maximum atomic E-state index is 13.5. The van der Waals surface area contributed by atoms with E-state index in [0.29, 0.717) is 47.2 Å². The minimum Gasteiger partial charge on any atom is -0.484 e. The van der Waals surface area contributed by atoms with Gasteiger partial charge in [-0.2, -0.15) is 0 Å². The number of carbonyl (C=O) groups is 5. The largest absolute Gasteiger partial charge is 0.484 e. The second-order valence-electron chi connectivity index (χ2n) is 30.0. The van der Waals surface area contributed by atoms with Gasteiger partial charge in [0.25, 0.3) is 17.7 Å². The highest BCUT2D eigenvalue weighted by molar-refractivity contribution is 7.51. The molecule has 0 aliphatic carbocycles. The van der Waals surface area contributed by atoms with Gasteiger partial charge in [0.1, 0.15) is 158 Å². The van der Waals surface area contributed by atoms with Crippen molar-refractivity contribution in [3.63, 3.8) is 0 Å². The Balaban J connectivity index is 0.807. The van der Waals surface area contributed by atoms with Crippen molar-refractivity contribution in [3.05, 3.63) is 72.3 Å². The summed E-state index contributed by atoms with van der Waals surface area (Å²) in [5, 5.41) is 205. The number of rotatable bonds is 43. The van der Waals surface area contributed by atoms with Crippen LogP contribution in [0.2, 0.25) is 0 Å². The van der Waals surface area contributed by atoms with Gasteiger partial charge in [0.2, 0.25) is 11.8 Å². The summed E-state index contributed by atoms with van der Waals surface area (Å²) in [5.74, 6) is -2.78. The zero-order chi connectivity index (χ0) is 88.8. The topological polar surface area (TPSA) is 685 Å². The highest BCUT2D eigenvalue weighted by atomic mass is 31.2. The molecule has 688 valence electrons. The highest BCUT2D eigenvalue weighted by Crippen LogP contribution is 2.39. The first kappa shape index (κ1) is 99.3. The van der Waals surface area contributed by atoms with Gasteiger partial charge in [-0.15, -0.1) is 0 Å². The van der Waals surface area contributed by atoms with Crippen LogP contribution in [0.25, 0.3) is 22.3 Å². The molecule has 0 aromatic heterocycles. The predicted octanol–water partition coefficient (Wildman–Crippen LogP) is -8.87. The molecular weight excluding hydrogens is 1650 g/mol. The quantitative estimate of drug-likeness (QED) is 0.0185. The van der Waals surface area contributed by atoms with E-state index in [2.05, 4.69) is 26.6 Å². The Morgan fingerprint density at radius 3 is 1.16 bits per heavy atom. The molecule has 3 aromatic rings. The molecule has 6 aliphatic heterocycles. The van der Waals surface area contributed by atoms with Crippen LogP contribution in [-0.2, 0) is 85.1 Å². The third-order valence-corrected chi connectivity index (χ3v) is 21.4. The van der Waals surface area contributed by atoms with Gasteiger partial charge < -0.3 is 194 Å².